The molecule has 0 amide bonds. The minimum atomic E-state index is -0.392. The van der Waals surface area contributed by atoms with E-state index in [1.165, 1.54) is 0 Å². The van der Waals surface area contributed by atoms with E-state index >= 15 is 0 Å². The quantitative estimate of drug-likeness (QED) is 0.486. The van der Waals surface area contributed by atoms with Gasteiger partial charge in [0.2, 0.25) is 0 Å². The number of carbonyl (C=O) groups excluding carboxylic acids is 2. The molecule has 3 nitrogen and oxygen atoms in total. The number of hydrogen-bond donors (Lipinski definition) is 0. The van der Waals surface area contributed by atoms with Crippen LogP contribution in [0.1, 0.15) is 26.3 Å². The third kappa shape index (κ3) is 3.82. The SMILES string of the molecule is O=Cc1ccc(C#CCOC(=O)c2ccccc2)cc1. The van der Waals surface area contributed by atoms with Gasteiger partial charge in [-0.3, -0.25) is 4.79 Å². The highest BCUT2D eigenvalue weighted by Crippen LogP contribution is 2.02. The summed E-state index contributed by atoms with van der Waals surface area (Å²) in [7, 11) is 0. The molecule has 0 aliphatic rings. The summed E-state index contributed by atoms with van der Waals surface area (Å²) in [4.78, 5) is 22.1. The lowest BCUT2D eigenvalue weighted by Crippen LogP contribution is -2.04. The highest BCUT2D eigenvalue weighted by atomic mass is 16.5. The molecule has 0 spiro atoms. The molecule has 0 atom stereocenters. The molecule has 2 rings (SSSR count). The van der Waals surface area contributed by atoms with Crippen LogP contribution in [0, 0.1) is 11.8 Å². The van der Waals surface area contributed by atoms with Crippen LogP contribution in [-0.4, -0.2) is 18.9 Å². The van der Waals surface area contributed by atoms with Crippen molar-refractivity contribution in [1.82, 2.24) is 0 Å². The van der Waals surface area contributed by atoms with Crippen molar-refractivity contribution in [2.45, 2.75) is 0 Å². The summed E-state index contributed by atoms with van der Waals surface area (Å²) in [6.45, 7) is 0.0309. The first-order chi connectivity index (χ1) is 9.79. The third-order valence-corrected chi connectivity index (χ3v) is 2.56. The summed E-state index contributed by atoms with van der Waals surface area (Å²) in [5, 5.41) is 0. The lowest BCUT2D eigenvalue weighted by Gasteiger charge is -1.99. The maximum absolute atomic E-state index is 11.6. The fourth-order valence-electron chi connectivity index (χ4n) is 1.54. The van der Waals surface area contributed by atoms with Gasteiger partial charge in [-0.2, -0.15) is 0 Å². The molecular formula is C17H12O3. The monoisotopic (exact) mass is 264 g/mol. The largest absolute Gasteiger partial charge is 0.449 e. The van der Waals surface area contributed by atoms with Gasteiger partial charge >= 0.3 is 5.97 Å². The summed E-state index contributed by atoms with van der Waals surface area (Å²) >= 11 is 0. The van der Waals surface area contributed by atoms with E-state index in [4.69, 9.17) is 4.74 Å². The van der Waals surface area contributed by atoms with Gasteiger partial charge in [-0.25, -0.2) is 4.79 Å². The summed E-state index contributed by atoms with van der Waals surface area (Å²) in [5.74, 6) is 5.23. The standard InChI is InChI=1S/C17H12O3/c18-13-15-10-8-14(9-11-15)5-4-12-20-17(19)16-6-2-1-3-7-16/h1-3,6-11,13H,12H2. The maximum Gasteiger partial charge on any atom is 0.339 e. The summed E-state index contributed by atoms with van der Waals surface area (Å²) in [5.41, 5.74) is 1.88. The molecule has 2 aromatic rings. The Hall–Kier alpha value is -2.86. The Bertz CT molecular complexity index is 646. The number of ether oxygens (including phenoxy) is 1. The van der Waals surface area contributed by atoms with Crippen molar-refractivity contribution in [2.24, 2.45) is 0 Å². The van der Waals surface area contributed by atoms with Crippen molar-refractivity contribution in [3.63, 3.8) is 0 Å². The fraction of sp³-hybridized carbons (Fsp3) is 0.0588. The first-order valence-corrected chi connectivity index (χ1v) is 6.06. The molecule has 0 saturated carbocycles. The van der Waals surface area contributed by atoms with Gasteiger partial charge in [-0.15, -0.1) is 0 Å². The fourth-order valence-corrected chi connectivity index (χ4v) is 1.54. The molecule has 0 fully saturated rings. The van der Waals surface area contributed by atoms with Gasteiger partial charge in [0.05, 0.1) is 5.56 Å². The second kappa shape index (κ2) is 6.91. The molecule has 0 saturated heterocycles. The minimum Gasteiger partial charge on any atom is -0.449 e. The van der Waals surface area contributed by atoms with E-state index in [1.807, 2.05) is 6.07 Å². The Morgan fingerprint density at radius 2 is 1.75 bits per heavy atom. The highest BCUT2D eigenvalue weighted by molar-refractivity contribution is 5.89. The number of esters is 1. The molecule has 98 valence electrons. The molecule has 0 N–H and O–H groups in total. The molecule has 0 aromatic heterocycles. The van der Waals surface area contributed by atoms with E-state index in [0.717, 1.165) is 11.8 Å². The zero-order chi connectivity index (χ0) is 14.2. The Labute approximate surface area is 117 Å². The van der Waals surface area contributed by atoms with Crippen LogP contribution in [0.15, 0.2) is 54.6 Å². The summed E-state index contributed by atoms with van der Waals surface area (Å²) < 4.78 is 5.03. The number of carbonyl (C=O) groups is 2. The number of hydrogen-bond acceptors (Lipinski definition) is 3. The second-order valence-corrected chi connectivity index (χ2v) is 3.98. The molecule has 3 heteroatoms. The van der Waals surface area contributed by atoms with E-state index in [2.05, 4.69) is 11.8 Å². The van der Waals surface area contributed by atoms with Gasteiger partial charge in [0.15, 0.2) is 6.61 Å². The van der Waals surface area contributed by atoms with Crippen LogP contribution in [-0.2, 0) is 4.74 Å². The van der Waals surface area contributed by atoms with E-state index < -0.39 is 5.97 Å². The second-order valence-electron chi connectivity index (χ2n) is 3.98. The normalized spacial score (nSPS) is 9.20. The van der Waals surface area contributed by atoms with Crippen molar-refractivity contribution >= 4 is 12.3 Å². The van der Waals surface area contributed by atoms with Crippen molar-refractivity contribution in [3.05, 3.63) is 71.3 Å². The smallest absolute Gasteiger partial charge is 0.339 e. The first kappa shape index (κ1) is 13.6. The average Bonchev–Trinajstić information content (AvgIpc) is 2.53. The lowest BCUT2D eigenvalue weighted by molar-refractivity contribution is 0.0556. The predicted octanol–water partition coefficient (Wildman–Crippen LogP) is 2.71. The molecule has 0 aliphatic heterocycles. The van der Waals surface area contributed by atoms with Crippen molar-refractivity contribution < 1.29 is 14.3 Å². The van der Waals surface area contributed by atoms with Crippen LogP contribution >= 0.6 is 0 Å². The summed E-state index contributed by atoms with van der Waals surface area (Å²) in [6, 6.07) is 15.6. The van der Waals surface area contributed by atoms with Crippen LogP contribution in [0.4, 0.5) is 0 Å². The zero-order valence-corrected chi connectivity index (χ0v) is 10.7. The molecule has 0 bridgehead atoms. The Morgan fingerprint density at radius 1 is 1.05 bits per heavy atom. The molecular weight excluding hydrogens is 252 g/mol. The Morgan fingerprint density at radius 3 is 2.40 bits per heavy atom. The van der Waals surface area contributed by atoms with Gasteiger partial charge in [-0.05, 0) is 24.3 Å². The number of benzene rings is 2. The highest BCUT2D eigenvalue weighted by Gasteiger charge is 2.03. The van der Waals surface area contributed by atoms with Crippen LogP contribution < -0.4 is 0 Å². The van der Waals surface area contributed by atoms with E-state index in [9.17, 15) is 9.59 Å². The van der Waals surface area contributed by atoms with Gasteiger partial charge in [0.1, 0.15) is 6.29 Å². The van der Waals surface area contributed by atoms with Gasteiger partial charge in [0.25, 0.3) is 0 Å². The molecule has 0 heterocycles. The maximum atomic E-state index is 11.6. The minimum absolute atomic E-state index is 0.0309. The van der Waals surface area contributed by atoms with Crippen LogP contribution in [0.5, 0.6) is 0 Å². The average molecular weight is 264 g/mol. The van der Waals surface area contributed by atoms with Gasteiger partial charge in [0, 0.05) is 11.1 Å². The third-order valence-electron chi connectivity index (χ3n) is 2.56. The molecule has 0 radical (unpaired) electrons. The topological polar surface area (TPSA) is 43.4 Å². The zero-order valence-electron chi connectivity index (χ0n) is 10.7. The molecule has 0 aliphatic carbocycles. The van der Waals surface area contributed by atoms with Gasteiger partial charge < -0.3 is 4.74 Å². The molecule has 0 unspecified atom stereocenters. The number of aldehydes is 1. The van der Waals surface area contributed by atoms with E-state index in [-0.39, 0.29) is 6.61 Å². The van der Waals surface area contributed by atoms with Crippen LogP contribution in [0.25, 0.3) is 0 Å². The van der Waals surface area contributed by atoms with Gasteiger partial charge in [-0.1, -0.05) is 42.2 Å². The molecule has 20 heavy (non-hydrogen) atoms. The Kier molecular flexibility index (Phi) is 4.69. The van der Waals surface area contributed by atoms with E-state index in [0.29, 0.717) is 11.1 Å². The Balaban J connectivity index is 1.88. The predicted molar refractivity (Wildman–Crippen MR) is 75.4 cm³/mol. The van der Waals surface area contributed by atoms with Crippen LogP contribution in [0.3, 0.4) is 0 Å². The first-order valence-electron chi connectivity index (χ1n) is 6.06. The van der Waals surface area contributed by atoms with Crippen molar-refractivity contribution in [1.29, 1.82) is 0 Å². The number of rotatable bonds is 3. The van der Waals surface area contributed by atoms with Crippen molar-refractivity contribution in [2.75, 3.05) is 6.61 Å². The summed E-state index contributed by atoms with van der Waals surface area (Å²) in [6.07, 6.45) is 0.777. The lowest BCUT2D eigenvalue weighted by atomic mass is 10.1. The van der Waals surface area contributed by atoms with Crippen molar-refractivity contribution in [3.8, 4) is 11.8 Å². The van der Waals surface area contributed by atoms with E-state index in [1.54, 1.807) is 48.5 Å². The van der Waals surface area contributed by atoms with Crippen LogP contribution in [0.2, 0.25) is 0 Å². The molecule has 2 aromatic carbocycles.